The molecular weight excluding hydrogens is 478 g/mol. The number of aryl methyl sites for hydroxylation is 1. The largest absolute Gasteiger partial charge is 0.382 e. The lowest BCUT2D eigenvalue weighted by Gasteiger charge is -2.34. The van der Waals surface area contributed by atoms with Crippen LogP contribution in [0.4, 0.5) is 20.2 Å². The monoisotopic (exact) mass is 498 g/mol. The summed E-state index contributed by atoms with van der Waals surface area (Å²) in [4.78, 5) is 31.2. The summed E-state index contributed by atoms with van der Waals surface area (Å²) in [6.45, 7) is 1.27. The van der Waals surface area contributed by atoms with Gasteiger partial charge in [-0.1, -0.05) is 0 Å². The van der Waals surface area contributed by atoms with Crippen molar-refractivity contribution in [3.63, 3.8) is 0 Å². The molecule has 0 aliphatic carbocycles. The van der Waals surface area contributed by atoms with Gasteiger partial charge >= 0.3 is 5.97 Å². The van der Waals surface area contributed by atoms with E-state index in [1.807, 2.05) is 4.90 Å². The Hall–Kier alpha value is -3.72. The van der Waals surface area contributed by atoms with E-state index in [2.05, 4.69) is 14.6 Å². The summed E-state index contributed by atoms with van der Waals surface area (Å²) >= 11 is 5.14. The lowest BCUT2D eigenvalue weighted by Crippen LogP contribution is -2.39. The van der Waals surface area contributed by atoms with Gasteiger partial charge in [0.25, 0.3) is 0 Å². The number of hydrogen-bond acceptors (Lipinski definition) is 6. The Labute approximate surface area is 204 Å². The zero-order chi connectivity index (χ0) is 24.7. The van der Waals surface area contributed by atoms with Gasteiger partial charge in [0, 0.05) is 43.4 Å². The van der Waals surface area contributed by atoms with E-state index < -0.39 is 17.2 Å². The van der Waals surface area contributed by atoms with Crippen LogP contribution in [0.5, 0.6) is 0 Å². The average Bonchev–Trinajstić information content (AvgIpc) is 2.86. The van der Waals surface area contributed by atoms with E-state index in [-0.39, 0.29) is 22.8 Å². The highest BCUT2D eigenvalue weighted by atomic mass is 35.5. The second kappa shape index (κ2) is 9.14. The molecule has 0 unspecified atom stereocenters. The lowest BCUT2D eigenvalue weighted by molar-refractivity contribution is 0.0749. The number of halogens is 3. The third-order valence-electron chi connectivity index (χ3n) is 6.35. The minimum atomic E-state index is -0.965. The van der Waals surface area contributed by atoms with Gasteiger partial charge in [0.2, 0.25) is 5.43 Å². The molecule has 1 saturated heterocycles. The molecular formula is C25H21ClF2N4O3. The van der Waals surface area contributed by atoms with Gasteiger partial charge in [0.15, 0.2) is 0 Å². The van der Waals surface area contributed by atoms with E-state index in [0.717, 1.165) is 18.5 Å². The number of pyridine rings is 2. The first-order chi connectivity index (χ1) is 16.8. The first-order valence-corrected chi connectivity index (χ1v) is 11.4. The summed E-state index contributed by atoms with van der Waals surface area (Å²) in [5.74, 6) is -1.67. The second-order valence-electron chi connectivity index (χ2n) is 8.62. The normalized spacial score (nSPS) is 14.5. The van der Waals surface area contributed by atoms with E-state index in [0.29, 0.717) is 35.3 Å². The summed E-state index contributed by atoms with van der Waals surface area (Å²) in [6, 6.07) is 11.0. The van der Waals surface area contributed by atoms with Crippen LogP contribution in [0.1, 0.15) is 23.2 Å². The van der Waals surface area contributed by atoms with Gasteiger partial charge in [-0.3, -0.25) is 4.79 Å². The van der Waals surface area contributed by atoms with E-state index in [1.54, 1.807) is 25.2 Å². The van der Waals surface area contributed by atoms with Crippen LogP contribution in [-0.4, -0.2) is 34.7 Å². The molecule has 2 aromatic carbocycles. The Morgan fingerprint density at radius 3 is 2.54 bits per heavy atom. The number of nitrogens with one attached hydrogen (secondary N) is 1. The molecule has 180 valence electrons. The highest BCUT2D eigenvalue weighted by Crippen LogP contribution is 2.29. The number of nitrogens with zero attached hydrogens (tertiary/aromatic N) is 3. The van der Waals surface area contributed by atoms with Gasteiger partial charge in [-0.05, 0) is 55.3 Å². The third kappa shape index (κ3) is 4.39. The van der Waals surface area contributed by atoms with Gasteiger partial charge in [-0.25, -0.2) is 18.6 Å². The Bertz CT molecular complexity index is 1500. The molecule has 5 rings (SSSR count). The van der Waals surface area contributed by atoms with Crippen molar-refractivity contribution < 1.29 is 17.9 Å². The Morgan fingerprint density at radius 1 is 1.14 bits per heavy atom. The van der Waals surface area contributed by atoms with Crippen LogP contribution < -0.4 is 15.6 Å². The van der Waals surface area contributed by atoms with E-state index >= 15 is 4.39 Å². The molecule has 10 heteroatoms. The molecule has 1 aliphatic rings. The molecule has 3 heterocycles. The van der Waals surface area contributed by atoms with Gasteiger partial charge < -0.3 is 19.1 Å². The fourth-order valence-electron chi connectivity index (χ4n) is 4.54. The smallest absolute Gasteiger partial charge is 0.361 e. The fraction of sp³-hybridized carbons (Fsp3) is 0.240. The molecule has 35 heavy (non-hydrogen) atoms. The molecule has 1 fully saturated rings. The van der Waals surface area contributed by atoms with Gasteiger partial charge in [-0.2, -0.15) is 0 Å². The maximum atomic E-state index is 15.1. The molecule has 7 nitrogen and oxygen atoms in total. The topological polar surface area (TPSA) is 76.5 Å². The van der Waals surface area contributed by atoms with Gasteiger partial charge in [-0.15, -0.1) is 0 Å². The minimum absolute atomic E-state index is 0.166. The summed E-state index contributed by atoms with van der Waals surface area (Å²) in [5.41, 5.74) is 1.36. The predicted molar refractivity (Wildman–Crippen MR) is 131 cm³/mol. The molecule has 0 saturated carbocycles. The molecule has 1 N–H and O–H groups in total. The first-order valence-electron chi connectivity index (χ1n) is 11.1. The predicted octanol–water partition coefficient (Wildman–Crippen LogP) is 4.76. The Kier molecular flexibility index (Phi) is 6.02. The quantitative estimate of drug-likeness (QED) is 0.409. The van der Waals surface area contributed by atoms with E-state index in [4.69, 9.17) is 11.9 Å². The highest BCUT2D eigenvalue weighted by Gasteiger charge is 2.23. The van der Waals surface area contributed by atoms with Crippen LogP contribution in [0.15, 0.2) is 53.5 Å². The number of carbonyl (C=O) groups is 1. The van der Waals surface area contributed by atoms with Crippen molar-refractivity contribution in [3.05, 3.63) is 76.1 Å². The lowest BCUT2D eigenvalue weighted by atomic mass is 10.0. The van der Waals surface area contributed by atoms with Crippen molar-refractivity contribution in [2.24, 2.45) is 7.05 Å². The summed E-state index contributed by atoms with van der Waals surface area (Å²) in [7, 11) is 1.65. The van der Waals surface area contributed by atoms with Gasteiger partial charge in [0.1, 0.15) is 34.7 Å². The number of carbonyl (C=O) groups excluding carboxylic acids is 1. The number of aromatic nitrogens is 2. The molecule has 1 aliphatic heterocycles. The number of hydrogen-bond donors (Lipinski definition) is 1. The molecule has 0 radical (unpaired) electrons. The van der Waals surface area contributed by atoms with Crippen molar-refractivity contribution in [2.45, 2.75) is 18.9 Å². The zero-order valence-electron chi connectivity index (χ0n) is 18.7. The Morgan fingerprint density at radius 2 is 1.86 bits per heavy atom. The van der Waals surface area contributed by atoms with Crippen LogP contribution >= 0.6 is 11.9 Å². The number of piperidine rings is 1. The number of rotatable bonds is 4. The van der Waals surface area contributed by atoms with Crippen molar-refractivity contribution in [2.75, 3.05) is 23.3 Å². The van der Waals surface area contributed by atoms with Gasteiger partial charge in [0.05, 0.1) is 16.6 Å². The SMILES string of the molecule is Cn1cc(C(=O)OCl)c(=O)c2cc3cc(F)c(N4CCC(Nc5ccc(F)cc5)CC4)cc3nc21. The number of benzene rings is 2. The van der Waals surface area contributed by atoms with Crippen molar-refractivity contribution in [3.8, 4) is 0 Å². The maximum Gasteiger partial charge on any atom is 0.361 e. The van der Waals surface area contributed by atoms with Crippen molar-refractivity contribution >= 4 is 51.1 Å². The average molecular weight is 499 g/mol. The second-order valence-corrected chi connectivity index (χ2v) is 8.77. The first kappa shape index (κ1) is 23.0. The molecule has 0 spiro atoms. The van der Waals surface area contributed by atoms with E-state index in [1.165, 1.54) is 35.0 Å². The standard InChI is InChI=1S/C25H21ClF2N4O3/c1-31-13-19(25(34)35-26)23(33)18-10-14-11-20(28)22(12-21(14)30-24(18)31)32-8-6-17(7-9-32)29-16-4-2-15(27)3-5-16/h2-5,10-13,17,29H,6-9H2,1H3. The van der Waals surface area contributed by atoms with E-state index in [9.17, 15) is 14.0 Å². The third-order valence-corrected chi connectivity index (χ3v) is 6.49. The minimum Gasteiger partial charge on any atom is -0.382 e. The van der Waals surface area contributed by atoms with Crippen LogP contribution in [0, 0.1) is 11.6 Å². The van der Waals surface area contributed by atoms with Crippen LogP contribution in [0.2, 0.25) is 0 Å². The van der Waals surface area contributed by atoms with Crippen LogP contribution in [-0.2, 0) is 11.3 Å². The Balaban J connectivity index is 1.42. The zero-order valence-corrected chi connectivity index (χ0v) is 19.5. The van der Waals surface area contributed by atoms with Crippen LogP contribution in [0.25, 0.3) is 21.9 Å². The number of fused-ring (bicyclic) bond motifs is 2. The summed E-state index contributed by atoms with van der Waals surface area (Å²) in [6.07, 6.45) is 2.89. The highest BCUT2D eigenvalue weighted by molar-refractivity contribution is 6.16. The maximum absolute atomic E-state index is 15.1. The van der Waals surface area contributed by atoms with Crippen molar-refractivity contribution in [1.82, 2.24) is 9.55 Å². The molecule has 0 bridgehead atoms. The molecule has 0 atom stereocenters. The van der Waals surface area contributed by atoms with Crippen LogP contribution in [0.3, 0.4) is 0 Å². The molecule has 4 aromatic rings. The molecule has 0 amide bonds. The fourth-order valence-corrected chi connectivity index (χ4v) is 4.63. The summed E-state index contributed by atoms with van der Waals surface area (Å²) in [5, 5.41) is 4.01. The van der Waals surface area contributed by atoms with Crippen molar-refractivity contribution in [1.29, 1.82) is 0 Å². The molecule has 2 aromatic heterocycles. The number of anilines is 2. The summed E-state index contributed by atoms with van der Waals surface area (Å²) < 4.78 is 34.0.